The number of aromatic nitrogens is 2. The Morgan fingerprint density at radius 1 is 1.73 bits per heavy atom. The molecule has 2 N–H and O–H groups in total. The first kappa shape index (κ1) is 10.2. The summed E-state index contributed by atoms with van der Waals surface area (Å²) in [7, 11) is 0. The van der Waals surface area contributed by atoms with Crippen molar-refractivity contribution in [2.24, 2.45) is 0 Å². The SMILES string of the molecule is O=C(O)Cc1nccn1C1CCCNC1. The Balaban J connectivity index is 2.12. The summed E-state index contributed by atoms with van der Waals surface area (Å²) in [5.74, 6) is -0.178. The van der Waals surface area contributed by atoms with Crippen molar-refractivity contribution in [3.8, 4) is 0 Å². The van der Waals surface area contributed by atoms with Crippen LogP contribution in [-0.4, -0.2) is 33.7 Å². The van der Waals surface area contributed by atoms with Crippen LogP contribution in [0.1, 0.15) is 24.7 Å². The van der Waals surface area contributed by atoms with Crippen LogP contribution in [0.2, 0.25) is 0 Å². The number of carboxylic acid groups (broad SMARTS) is 1. The normalized spacial score (nSPS) is 21.5. The molecule has 1 aromatic heterocycles. The Morgan fingerprint density at radius 3 is 3.27 bits per heavy atom. The van der Waals surface area contributed by atoms with E-state index in [1.165, 1.54) is 0 Å². The fraction of sp³-hybridized carbons (Fsp3) is 0.600. The summed E-state index contributed by atoms with van der Waals surface area (Å²) in [5, 5.41) is 12.0. The van der Waals surface area contributed by atoms with E-state index >= 15 is 0 Å². The van der Waals surface area contributed by atoms with Crippen LogP contribution in [-0.2, 0) is 11.2 Å². The van der Waals surface area contributed by atoms with Crippen LogP contribution in [0.3, 0.4) is 0 Å². The second kappa shape index (κ2) is 4.44. The summed E-state index contributed by atoms with van der Waals surface area (Å²) in [6.45, 7) is 1.96. The van der Waals surface area contributed by atoms with Crippen molar-refractivity contribution in [2.45, 2.75) is 25.3 Å². The molecule has 5 heteroatoms. The Morgan fingerprint density at radius 2 is 2.60 bits per heavy atom. The van der Waals surface area contributed by atoms with E-state index in [1.54, 1.807) is 6.20 Å². The molecule has 0 amide bonds. The molecule has 1 atom stereocenters. The molecule has 1 saturated heterocycles. The van der Waals surface area contributed by atoms with Crippen LogP contribution in [0, 0.1) is 0 Å². The van der Waals surface area contributed by atoms with Gasteiger partial charge in [-0.3, -0.25) is 4.79 Å². The number of nitrogens with one attached hydrogen (secondary N) is 1. The molecule has 82 valence electrons. The van der Waals surface area contributed by atoms with Crippen molar-refractivity contribution >= 4 is 5.97 Å². The van der Waals surface area contributed by atoms with Gasteiger partial charge in [0.05, 0.1) is 0 Å². The number of aliphatic carboxylic acids is 1. The topological polar surface area (TPSA) is 67.1 Å². The molecular formula is C10H15N3O2. The molecule has 1 aromatic rings. The smallest absolute Gasteiger partial charge is 0.311 e. The third-order valence-corrected chi connectivity index (χ3v) is 2.72. The standard InChI is InChI=1S/C10H15N3O2/c14-10(15)6-9-12-4-5-13(9)8-2-1-3-11-7-8/h4-5,8,11H,1-3,6-7H2,(H,14,15). The third kappa shape index (κ3) is 2.36. The molecule has 1 unspecified atom stereocenters. The molecule has 15 heavy (non-hydrogen) atoms. The summed E-state index contributed by atoms with van der Waals surface area (Å²) in [6.07, 6.45) is 5.78. The first-order valence-electron chi connectivity index (χ1n) is 5.21. The number of nitrogens with zero attached hydrogens (tertiary/aromatic N) is 2. The minimum atomic E-state index is -0.828. The van der Waals surface area contributed by atoms with Gasteiger partial charge in [0, 0.05) is 25.0 Å². The number of hydrogen-bond acceptors (Lipinski definition) is 3. The highest BCUT2D eigenvalue weighted by molar-refractivity contribution is 5.69. The molecule has 5 nitrogen and oxygen atoms in total. The van der Waals surface area contributed by atoms with Crippen LogP contribution >= 0.6 is 0 Å². The van der Waals surface area contributed by atoms with E-state index in [9.17, 15) is 4.79 Å². The van der Waals surface area contributed by atoms with Gasteiger partial charge in [-0.1, -0.05) is 0 Å². The first-order chi connectivity index (χ1) is 7.27. The summed E-state index contributed by atoms with van der Waals surface area (Å²) in [5.41, 5.74) is 0. The third-order valence-electron chi connectivity index (χ3n) is 2.72. The summed E-state index contributed by atoms with van der Waals surface area (Å²) in [6, 6.07) is 0.357. The molecule has 2 rings (SSSR count). The van der Waals surface area contributed by atoms with Crippen LogP contribution in [0.5, 0.6) is 0 Å². The van der Waals surface area contributed by atoms with Gasteiger partial charge in [0.25, 0.3) is 0 Å². The van der Waals surface area contributed by atoms with E-state index in [-0.39, 0.29) is 6.42 Å². The Labute approximate surface area is 88.1 Å². The second-order valence-electron chi connectivity index (χ2n) is 3.82. The number of carboxylic acids is 1. The maximum atomic E-state index is 10.6. The minimum Gasteiger partial charge on any atom is -0.481 e. The van der Waals surface area contributed by atoms with Crippen molar-refractivity contribution in [3.63, 3.8) is 0 Å². The summed E-state index contributed by atoms with van der Waals surface area (Å²) < 4.78 is 1.99. The largest absolute Gasteiger partial charge is 0.481 e. The summed E-state index contributed by atoms with van der Waals surface area (Å²) in [4.78, 5) is 14.7. The van der Waals surface area contributed by atoms with Gasteiger partial charge in [-0.05, 0) is 19.4 Å². The molecule has 2 heterocycles. The zero-order valence-corrected chi connectivity index (χ0v) is 8.52. The molecule has 0 spiro atoms. The molecule has 0 saturated carbocycles. The fourth-order valence-electron chi connectivity index (χ4n) is 2.02. The highest BCUT2D eigenvalue weighted by atomic mass is 16.4. The lowest BCUT2D eigenvalue weighted by Gasteiger charge is -2.25. The fourth-order valence-corrected chi connectivity index (χ4v) is 2.02. The number of piperidine rings is 1. The number of hydrogen-bond donors (Lipinski definition) is 2. The minimum absolute atomic E-state index is 0.00347. The van der Waals surface area contributed by atoms with Crippen molar-refractivity contribution in [1.82, 2.24) is 14.9 Å². The van der Waals surface area contributed by atoms with Gasteiger partial charge < -0.3 is 15.0 Å². The van der Waals surface area contributed by atoms with Crippen molar-refractivity contribution in [2.75, 3.05) is 13.1 Å². The molecule has 0 aromatic carbocycles. The number of imidazole rings is 1. The maximum absolute atomic E-state index is 10.6. The van der Waals surface area contributed by atoms with Gasteiger partial charge in [-0.25, -0.2) is 4.98 Å². The molecule has 0 radical (unpaired) electrons. The first-order valence-corrected chi connectivity index (χ1v) is 5.21. The van der Waals surface area contributed by atoms with Crippen LogP contribution in [0.15, 0.2) is 12.4 Å². The maximum Gasteiger partial charge on any atom is 0.311 e. The highest BCUT2D eigenvalue weighted by Crippen LogP contribution is 2.18. The lowest BCUT2D eigenvalue weighted by atomic mass is 10.1. The number of rotatable bonds is 3. The van der Waals surface area contributed by atoms with E-state index in [0.29, 0.717) is 11.9 Å². The van der Waals surface area contributed by atoms with Crippen LogP contribution in [0.25, 0.3) is 0 Å². The predicted molar refractivity (Wildman–Crippen MR) is 54.7 cm³/mol. The highest BCUT2D eigenvalue weighted by Gasteiger charge is 2.18. The zero-order chi connectivity index (χ0) is 10.7. The average molecular weight is 209 g/mol. The van der Waals surface area contributed by atoms with Crippen molar-refractivity contribution in [3.05, 3.63) is 18.2 Å². The lowest BCUT2D eigenvalue weighted by Crippen LogP contribution is -2.32. The van der Waals surface area contributed by atoms with E-state index in [4.69, 9.17) is 5.11 Å². The predicted octanol–water partition coefficient (Wildman–Crippen LogP) is 0.435. The van der Waals surface area contributed by atoms with Crippen molar-refractivity contribution < 1.29 is 9.90 Å². The Hall–Kier alpha value is -1.36. The van der Waals surface area contributed by atoms with Gasteiger partial charge >= 0.3 is 5.97 Å². The average Bonchev–Trinajstić information content (AvgIpc) is 2.66. The molecule has 1 aliphatic heterocycles. The quantitative estimate of drug-likeness (QED) is 0.757. The summed E-state index contributed by atoms with van der Waals surface area (Å²) >= 11 is 0. The zero-order valence-electron chi connectivity index (χ0n) is 8.52. The second-order valence-corrected chi connectivity index (χ2v) is 3.82. The van der Waals surface area contributed by atoms with E-state index in [2.05, 4.69) is 10.3 Å². The van der Waals surface area contributed by atoms with Gasteiger partial charge in [-0.15, -0.1) is 0 Å². The molecule has 0 bridgehead atoms. The van der Waals surface area contributed by atoms with Gasteiger partial charge in [-0.2, -0.15) is 0 Å². The number of carbonyl (C=O) groups is 1. The van der Waals surface area contributed by atoms with E-state index < -0.39 is 5.97 Å². The van der Waals surface area contributed by atoms with Gasteiger partial charge in [0.1, 0.15) is 12.2 Å². The van der Waals surface area contributed by atoms with Gasteiger partial charge in [0.2, 0.25) is 0 Å². The monoisotopic (exact) mass is 209 g/mol. The lowest BCUT2D eigenvalue weighted by molar-refractivity contribution is -0.136. The Kier molecular flexibility index (Phi) is 3.01. The van der Waals surface area contributed by atoms with Crippen LogP contribution in [0.4, 0.5) is 0 Å². The van der Waals surface area contributed by atoms with E-state index in [1.807, 2.05) is 10.8 Å². The molecular weight excluding hydrogens is 194 g/mol. The van der Waals surface area contributed by atoms with E-state index in [0.717, 1.165) is 25.9 Å². The Bertz CT molecular complexity index is 342. The van der Waals surface area contributed by atoms with Crippen molar-refractivity contribution in [1.29, 1.82) is 0 Å². The molecule has 0 aliphatic carbocycles. The molecule has 1 fully saturated rings. The molecule has 1 aliphatic rings. The van der Waals surface area contributed by atoms with Crippen LogP contribution < -0.4 is 5.32 Å². The van der Waals surface area contributed by atoms with Gasteiger partial charge in [0.15, 0.2) is 0 Å².